The zero-order valence-corrected chi connectivity index (χ0v) is 21.5. The molecule has 0 unspecified atom stereocenters. The average molecular weight is 498 g/mol. The predicted molar refractivity (Wildman–Crippen MR) is 141 cm³/mol. The van der Waals surface area contributed by atoms with Crippen LogP contribution in [0, 0.1) is 0 Å². The molecule has 2 aliphatic heterocycles. The quantitative estimate of drug-likeness (QED) is 0.504. The van der Waals surface area contributed by atoms with E-state index in [-0.39, 0.29) is 0 Å². The van der Waals surface area contributed by atoms with Crippen LogP contribution in [0.3, 0.4) is 0 Å². The fourth-order valence-electron chi connectivity index (χ4n) is 4.87. The number of piperidine rings is 1. The minimum atomic E-state index is 0.496. The zero-order chi connectivity index (χ0) is 24.2. The maximum Gasteiger partial charge on any atom is 0.164 e. The van der Waals surface area contributed by atoms with Gasteiger partial charge in [-0.1, -0.05) is 0 Å². The van der Waals surface area contributed by atoms with Crippen molar-refractivity contribution in [2.75, 3.05) is 77.3 Å². The number of nitrogens with zero attached hydrogens (tertiary/aromatic N) is 6. The molecule has 2 saturated heterocycles. The third kappa shape index (κ3) is 5.73. The number of nitrogen functional groups attached to an aromatic ring is 1. The zero-order valence-electron chi connectivity index (χ0n) is 20.7. The Morgan fingerprint density at radius 2 is 1.97 bits per heavy atom. The molecule has 2 aliphatic rings. The summed E-state index contributed by atoms with van der Waals surface area (Å²) in [6.07, 6.45) is 4.14. The number of likely N-dealkylation sites (tertiary alicyclic amines) is 1. The smallest absolute Gasteiger partial charge is 0.164 e. The first-order valence-corrected chi connectivity index (χ1v) is 13.2. The van der Waals surface area contributed by atoms with Gasteiger partial charge in [-0.15, -0.1) is 11.3 Å². The Bertz CT molecular complexity index is 1110. The number of morpholine rings is 1. The van der Waals surface area contributed by atoms with E-state index in [0.29, 0.717) is 17.7 Å². The summed E-state index contributed by atoms with van der Waals surface area (Å²) >= 11 is 1.78. The van der Waals surface area contributed by atoms with Gasteiger partial charge in [-0.3, -0.25) is 4.90 Å². The number of hydrogen-bond acceptors (Lipinski definition) is 10. The second kappa shape index (κ2) is 11.1. The molecule has 5 heterocycles. The summed E-state index contributed by atoms with van der Waals surface area (Å²) in [6.45, 7) is 8.06. The third-order valence-electron chi connectivity index (χ3n) is 6.99. The number of methoxy groups -OCH3 is 1. The van der Waals surface area contributed by atoms with E-state index in [1.165, 1.54) is 17.7 Å². The van der Waals surface area contributed by atoms with Gasteiger partial charge in [0.15, 0.2) is 5.82 Å². The molecule has 0 bridgehead atoms. The third-order valence-corrected chi connectivity index (χ3v) is 8.00. The lowest BCUT2D eigenvalue weighted by Crippen LogP contribution is -2.43. The second-order valence-electron chi connectivity index (χ2n) is 9.35. The van der Waals surface area contributed by atoms with Gasteiger partial charge in [0.25, 0.3) is 0 Å². The topological polar surface area (TPSA) is 92.9 Å². The summed E-state index contributed by atoms with van der Waals surface area (Å²) in [5.41, 5.74) is 6.68. The summed E-state index contributed by atoms with van der Waals surface area (Å²) in [6, 6.07) is 6.67. The van der Waals surface area contributed by atoms with Gasteiger partial charge in [-0.2, -0.15) is 0 Å². The van der Waals surface area contributed by atoms with Gasteiger partial charge in [0.2, 0.25) is 0 Å². The standard InChI is InChI=1S/C25H35N7O2S/c1-30(9-12-33-2)19-5-7-31(8-6-19)17-20-15-21-24(32-10-13-34-14-11-32)28-23(29-25(21)35-20)18-3-4-22(26)27-16-18/h3-4,15-16,19H,5-14,17H2,1-2H3,(H2,26,27). The van der Waals surface area contributed by atoms with Crippen molar-refractivity contribution in [1.82, 2.24) is 24.8 Å². The molecule has 0 aliphatic carbocycles. The van der Waals surface area contributed by atoms with Crippen molar-refractivity contribution in [3.05, 3.63) is 29.3 Å². The van der Waals surface area contributed by atoms with Crippen molar-refractivity contribution in [2.24, 2.45) is 0 Å². The van der Waals surface area contributed by atoms with Gasteiger partial charge >= 0.3 is 0 Å². The van der Waals surface area contributed by atoms with Crippen LogP contribution < -0.4 is 10.6 Å². The number of rotatable bonds is 8. The van der Waals surface area contributed by atoms with Crippen LogP contribution in [-0.2, 0) is 16.0 Å². The van der Waals surface area contributed by atoms with Gasteiger partial charge in [0, 0.05) is 69.1 Å². The highest BCUT2D eigenvalue weighted by Crippen LogP contribution is 2.34. The van der Waals surface area contributed by atoms with Gasteiger partial charge in [0.1, 0.15) is 16.5 Å². The minimum Gasteiger partial charge on any atom is -0.384 e. The molecule has 2 fully saturated rings. The first-order valence-electron chi connectivity index (χ1n) is 12.4. The molecule has 10 heteroatoms. The maximum atomic E-state index is 5.80. The highest BCUT2D eigenvalue weighted by Gasteiger charge is 2.24. The predicted octanol–water partition coefficient (Wildman–Crippen LogP) is 2.71. The number of likely N-dealkylation sites (N-methyl/N-ethyl adjacent to an activating group) is 1. The van der Waals surface area contributed by atoms with Crippen LogP contribution in [0.5, 0.6) is 0 Å². The van der Waals surface area contributed by atoms with Crippen LogP contribution in [0.4, 0.5) is 11.6 Å². The van der Waals surface area contributed by atoms with Gasteiger partial charge in [-0.25, -0.2) is 15.0 Å². The van der Waals surface area contributed by atoms with E-state index in [2.05, 4.69) is 32.8 Å². The largest absolute Gasteiger partial charge is 0.384 e. The van der Waals surface area contributed by atoms with Crippen LogP contribution in [0.25, 0.3) is 21.6 Å². The highest BCUT2D eigenvalue weighted by molar-refractivity contribution is 7.18. The van der Waals surface area contributed by atoms with E-state index >= 15 is 0 Å². The number of anilines is 2. The summed E-state index contributed by atoms with van der Waals surface area (Å²) in [5.74, 6) is 2.18. The number of thiophene rings is 1. The van der Waals surface area contributed by atoms with Crippen LogP contribution in [0.1, 0.15) is 17.7 Å². The Morgan fingerprint density at radius 3 is 2.69 bits per heavy atom. The van der Waals surface area contributed by atoms with Crippen molar-refractivity contribution >= 4 is 33.2 Å². The average Bonchev–Trinajstić information content (AvgIpc) is 3.30. The second-order valence-corrected chi connectivity index (χ2v) is 10.5. The van der Waals surface area contributed by atoms with Crippen LogP contribution >= 0.6 is 11.3 Å². The molecule has 0 atom stereocenters. The van der Waals surface area contributed by atoms with E-state index in [9.17, 15) is 0 Å². The molecule has 0 saturated carbocycles. The molecular weight excluding hydrogens is 462 g/mol. The number of pyridine rings is 1. The lowest BCUT2D eigenvalue weighted by Gasteiger charge is -2.36. The Labute approximate surface area is 210 Å². The molecule has 0 radical (unpaired) electrons. The molecule has 0 amide bonds. The molecular formula is C25H35N7O2S. The van der Waals surface area contributed by atoms with E-state index in [1.807, 2.05) is 6.07 Å². The Kier molecular flexibility index (Phi) is 7.74. The lowest BCUT2D eigenvalue weighted by atomic mass is 10.0. The summed E-state index contributed by atoms with van der Waals surface area (Å²) in [5, 5.41) is 1.13. The van der Waals surface area contributed by atoms with Gasteiger partial charge in [0.05, 0.1) is 25.2 Å². The molecule has 9 nitrogen and oxygen atoms in total. The molecule has 5 rings (SSSR count). The Morgan fingerprint density at radius 1 is 1.17 bits per heavy atom. The van der Waals surface area contributed by atoms with Crippen LogP contribution in [-0.4, -0.2) is 97.5 Å². The van der Waals surface area contributed by atoms with E-state index < -0.39 is 0 Å². The SMILES string of the molecule is COCCN(C)C1CCN(Cc2cc3c(N4CCOCC4)nc(-c4ccc(N)nc4)nc3s2)CC1. The van der Waals surface area contributed by atoms with Crippen molar-refractivity contribution in [3.63, 3.8) is 0 Å². The number of fused-ring (bicyclic) bond motifs is 1. The van der Waals surface area contributed by atoms with E-state index in [4.69, 9.17) is 25.2 Å². The van der Waals surface area contributed by atoms with Crippen LogP contribution in [0.2, 0.25) is 0 Å². The fraction of sp³-hybridized carbons (Fsp3) is 0.560. The normalized spacial score (nSPS) is 18.1. The number of aromatic nitrogens is 3. The summed E-state index contributed by atoms with van der Waals surface area (Å²) in [7, 11) is 3.98. The molecule has 3 aromatic rings. The van der Waals surface area contributed by atoms with E-state index in [1.54, 1.807) is 30.7 Å². The molecule has 188 valence electrons. The Balaban J connectivity index is 1.36. The molecule has 3 aromatic heterocycles. The molecule has 2 N–H and O–H groups in total. The van der Waals surface area contributed by atoms with Crippen molar-refractivity contribution < 1.29 is 9.47 Å². The monoisotopic (exact) mass is 497 g/mol. The van der Waals surface area contributed by atoms with Crippen molar-refractivity contribution in [3.8, 4) is 11.4 Å². The first kappa shape index (κ1) is 24.3. The Hall–Kier alpha value is -2.37. The minimum absolute atomic E-state index is 0.496. The highest BCUT2D eigenvalue weighted by atomic mass is 32.1. The van der Waals surface area contributed by atoms with Gasteiger partial charge < -0.3 is 25.0 Å². The number of ether oxygens (including phenoxy) is 2. The maximum absolute atomic E-state index is 5.80. The molecule has 0 aromatic carbocycles. The fourth-order valence-corrected chi connectivity index (χ4v) is 5.94. The molecule has 0 spiro atoms. The molecule has 35 heavy (non-hydrogen) atoms. The van der Waals surface area contributed by atoms with Crippen molar-refractivity contribution in [1.29, 1.82) is 0 Å². The van der Waals surface area contributed by atoms with Crippen LogP contribution in [0.15, 0.2) is 24.4 Å². The van der Waals surface area contributed by atoms with Gasteiger partial charge in [-0.05, 0) is 38.1 Å². The van der Waals surface area contributed by atoms with Crippen molar-refractivity contribution in [2.45, 2.75) is 25.4 Å². The van der Waals surface area contributed by atoms with E-state index in [0.717, 1.165) is 80.7 Å². The summed E-state index contributed by atoms with van der Waals surface area (Å²) < 4.78 is 10.8. The number of nitrogens with two attached hydrogens (primary N) is 1. The first-order chi connectivity index (χ1) is 17.1. The summed E-state index contributed by atoms with van der Waals surface area (Å²) in [4.78, 5) is 23.9. The number of hydrogen-bond donors (Lipinski definition) is 1. The lowest BCUT2D eigenvalue weighted by molar-refractivity contribution is 0.0948.